The third kappa shape index (κ3) is 2.09. The Morgan fingerprint density at radius 3 is 3.12 bits per heavy atom. The fourth-order valence-corrected chi connectivity index (χ4v) is 1.86. The number of fused-ring (bicyclic) bond motifs is 1. The molecule has 0 radical (unpaired) electrons. The minimum atomic E-state index is 0.756. The van der Waals surface area contributed by atoms with Crippen LogP contribution in [0.3, 0.4) is 0 Å². The molecular formula is C13H16N2O. The van der Waals surface area contributed by atoms with Gasteiger partial charge in [-0.05, 0) is 37.5 Å². The second kappa shape index (κ2) is 3.91. The van der Waals surface area contributed by atoms with Crippen molar-refractivity contribution in [3.63, 3.8) is 0 Å². The summed E-state index contributed by atoms with van der Waals surface area (Å²) in [4.78, 5) is 4.46. The van der Waals surface area contributed by atoms with Crippen molar-refractivity contribution < 1.29 is 4.42 Å². The maximum Gasteiger partial charge on any atom is 0.196 e. The van der Waals surface area contributed by atoms with Gasteiger partial charge in [0.25, 0.3) is 0 Å². The van der Waals surface area contributed by atoms with Crippen molar-refractivity contribution in [2.75, 3.05) is 6.54 Å². The lowest BCUT2D eigenvalue weighted by atomic mass is 10.2. The molecule has 84 valence electrons. The standard InChI is InChI=1S/C13H16N2O/c1-9-2-5-11-12(8-9)16-13(15-11)6-7-14-10-3-4-10/h2,5,8,10,14H,3-4,6-7H2,1H3. The van der Waals surface area contributed by atoms with Crippen LogP contribution in [0.5, 0.6) is 0 Å². The average molecular weight is 216 g/mol. The van der Waals surface area contributed by atoms with E-state index in [9.17, 15) is 0 Å². The summed E-state index contributed by atoms with van der Waals surface area (Å²) in [5.41, 5.74) is 3.08. The zero-order valence-corrected chi connectivity index (χ0v) is 9.49. The molecule has 1 aliphatic rings. The van der Waals surface area contributed by atoms with E-state index in [1.807, 2.05) is 12.1 Å². The summed E-state index contributed by atoms with van der Waals surface area (Å²) in [6.45, 7) is 3.03. The summed E-state index contributed by atoms with van der Waals surface area (Å²) in [6, 6.07) is 6.88. The quantitative estimate of drug-likeness (QED) is 0.853. The van der Waals surface area contributed by atoms with E-state index in [4.69, 9.17) is 4.42 Å². The van der Waals surface area contributed by atoms with Crippen molar-refractivity contribution in [1.82, 2.24) is 10.3 Å². The summed E-state index contributed by atoms with van der Waals surface area (Å²) in [5.74, 6) is 0.841. The number of hydrogen-bond donors (Lipinski definition) is 1. The molecule has 1 heterocycles. The van der Waals surface area contributed by atoms with Gasteiger partial charge in [-0.1, -0.05) is 6.07 Å². The maximum absolute atomic E-state index is 5.70. The van der Waals surface area contributed by atoms with Crippen molar-refractivity contribution >= 4 is 11.1 Å². The Morgan fingerprint density at radius 1 is 1.44 bits per heavy atom. The fraction of sp³-hybridized carbons (Fsp3) is 0.462. The van der Waals surface area contributed by atoms with E-state index in [0.717, 1.165) is 36.0 Å². The molecule has 1 aromatic heterocycles. The van der Waals surface area contributed by atoms with Crippen molar-refractivity contribution in [2.24, 2.45) is 0 Å². The lowest BCUT2D eigenvalue weighted by Crippen LogP contribution is -2.19. The van der Waals surface area contributed by atoms with Gasteiger partial charge in [-0.25, -0.2) is 4.98 Å². The summed E-state index contributed by atoms with van der Waals surface area (Å²) in [6.07, 6.45) is 3.53. The summed E-state index contributed by atoms with van der Waals surface area (Å²) in [7, 11) is 0. The van der Waals surface area contributed by atoms with Crippen LogP contribution in [0, 0.1) is 6.92 Å². The first-order valence-corrected chi connectivity index (χ1v) is 5.91. The molecule has 0 amide bonds. The highest BCUT2D eigenvalue weighted by Gasteiger charge is 2.20. The third-order valence-corrected chi connectivity index (χ3v) is 2.94. The molecule has 3 heteroatoms. The molecule has 16 heavy (non-hydrogen) atoms. The minimum Gasteiger partial charge on any atom is -0.441 e. The lowest BCUT2D eigenvalue weighted by molar-refractivity contribution is 0.514. The summed E-state index contributed by atoms with van der Waals surface area (Å²) >= 11 is 0. The van der Waals surface area contributed by atoms with Gasteiger partial charge in [-0.2, -0.15) is 0 Å². The van der Waals surface area contributed by atoms with Crippen molar-refractivity contribution in [2.45, 2.75) is 32.2 Å². The van der Waals surface area contributed by atoms with Gasteiger partial charge in [0, 0.05) is 19.0 Å². The average Bonchev–Trinajstić information content (AvgIpc) is 2.98. The number of oxazole rings is 1. The highest BCUT2D eigenvalue weighted by molar-refractivity contribution is 5.73. The molecule has 3 rings (SSSR count). The fourth-order valence-electron chi connectivity index (χ4n) is 1.86. The Balaban J connectivity index is 1.71. The number of hydrogen-bond acceptors (Lipinski definition) is 3. The van der Waals surface area contributed by atoms with Crippen LogP contribution in [0.4, 0.5) is 0 Å². The van der Waals surface area contributed by atoms with Crippen LogP contribution in [-0.4, -0.2) is 17.6 Å². The molecule has 1 fully saturated rings. The largest absolute Gasteiger partial charge is 0.441 e. The van der Waals surface area contributed by atoms with Gasteiger partial charge >= 0.3 is 0 Å². The lowest BCUT2D eigenvalue weighted by Gasteiger charge is -1.97. The molecule has 0 aliphatic heterocycles. The highest BCUT2D eigenvalue weighted by atomic mass is 16.3. The molecule has 2 aromatic rings. The minimum absolute atomic E-state index is 0.756. The van der Waals surface area contributed by atoms with E-state index >= 15 is 0 Å². The first-order valence-electron chi connectivity index (χ1n) is 5.91. The van der Waals surface area contributed by atoms with E-state index in [1.54, 1.807) is 0 Å². The van der Waals surface area contributed by atoms with E-state index in [2.05, 4.69) is 23.3 Å². The number of benzene rings is 1. The number of aromatic nitrogens is 1. The third-order valence-electron chi connectivity index (χ3n) is 2.94. The van der Waals surface area contributed by atoms with Crippen LogP contribution in [0.25, 0.3) is 11.1 Å². The molecule has 1 N–H and O–H groups in total. The molecular weight excluding hydrogens is 200 g/mol. The summed E-state index contributed by atoms with van der Waals surface area (Å²) in [5, 5.41) is 3.46. The molecule has 1 saturated carbocycles. The molecule has 0 atom stereocenters. The zero-order valence-electron chi connectivity index (χ0n) is 9.49. The highest BCUT2D eigenvalue weighted by Crippen LogP contribution is 2.19. The molecule has 1 aromatic carbocycles. The molecule has 0 unspecified atom stereocenters. The molecule has 0 bridgehead atoms. The zero-order chi connectivity index (χ0) is 11.0. The Labute approximate surface area is 94.9 Å². The number of rotatable bonds is 4. The number of nitrogens with one attached hydrogen (secondary N) is 1. The molecule has 0 saturated heterocycles. The van der Waals surface area contributed by atoms with Crippen LogP contribution >= 0.6 is 0 Å². The van der Waals surface area contributed by atoms with Crippen LogP contribution in [0.15, 0.2) is 22.6 Å². The van der Waals surface area contributed by atoms with Crippen LogP contribution in [0.2, 0.25) is 0 Å². The van der Waals surface area contributed by atoms with E-state index in [0.29, 0.717) is 0 Å². The van der Waals surface area contributed by atoms with Gasteiger partial charge in [-0.15, -0.1) is 0 Å². The number of aryl methyl sites for hydroxylation is 1. The topological polar surface area (TPSA) is 38.1 Å². The Morgan fingerprint density at radius 2 is 2.31 bits per heavy atom. The molecule has 3 nitrogen and oxygen atoms in total. The summed E-state index contributed by atoms with van der Waals surface area (Å²) < 4.78 is 5.70. The second-order valence-electron chi connectivity index (χ2n) is 4.56. The van der Waals surface area contributed by atoms with Crippen molar-refractivity contribution in [3.05, 3.63) is 29.7 Å². The maximum atomic E-state index is 5.70. The van der Waals surface area contributed by atoms with Crippen LogP contribution < -0.4 is 5.32 Å². The van der Waals surface area contributed by atoms with Crippen LogP contribution in [0.1, 0.15) is 24.3 Å². The predicted octanol–water partition coefficient (Wildman–Crippen LogP) is 2.43. The Kier molecular flexibility index (Phi) is 2.40. The normalized spacial score (nSPS) is 15.8. The first-order chi connectivity index (χ1) is 7.81. The van der Waals surface area contributed by atoms with Gasteiger partial charge < -0.3 is 9.73 Å². The van der Waals surface area contributed by atoms with Gasteiger partial charge in [-0.3, -0.25) is 0 Å². The van der Waals surface area contributed by atoms with Crippen LogP contribution in [-0.2, 0) is 6.42 Å². The van der Waals surface area contributed by atoms with E-state index in [-0.39, 0.29) is 0 Å². The SMILES string of the molecule is Cc1ccc2nc(CCNC3CC3)oc2c1. The molecule has 1 aliphatic carbocycles. The first kappa shape index (κ1) is 9.85. The van der Waals surface area contributed by atoms with E-state index in [1.165, 1.54) is 18.4 Å². The Bertz CT molecular complexity index is 500. The second-order valence-corrected chi connectivity index (χ2v) is 4.56. The van der Waals surface area contributed by atoms with Gasteiger partial charge in [0.2, 0.25) is 0 Å². The van der Waals surface area contributed by atoms with Crippen molar-refractivity contribution in [1.29, 1.82) is 0 Å². The smallest absolute Gasteiger partial charge is 0.196 e. The Hall–Kier alpha value is -1.35. The van der Waals surface area contributed by atoms with E-state index < -0.39 is 0 Å². The van der Waals surface area contributed by atoms with Gasteiger partial charge in [0.05, 0.1) is 0 Å². The molecule has 0 spiro atoms. The van der Waals surface area contributed by atoms with Gasteiger partial charge in [0.15, 0.2) is 11.5 Å². The monoisotopic (exact) mass is 216 g/mol. The number of nitrogens with zero attached hydrogens (tertiary/aromatic N) is 1. The van der Waals surface area contributed by atoms with Gasteiger partial charge in [0.1, 0.15) is 5.52 Å². The predicted molar refractivity (Wildman–Crippen MR) is 63.5 cm³/mol. The van der Waals surface area contributed by atoms with Crippen molar-refractivity contribution in [3.8, 4) is 0 Å².